The van der Waals surface area contributed by atoms with Crippen molar-refractivity contribution in [1.29, 1.82) is 0 Å². The zero-order valence-corrected chi connectivity index (χ0v) is 5.75. The number of carboxylic acids is 1. The molecule has 0 saturated carbocycles. The fraction of sp³-hybridized carbons (Fsp3) is 0.286. The lowest BCUT2D eigenvalue weighted by Crippen LogP contribution is -2.15. The highest BCUT2D eigenvalue weighted by Crippen LogP contribution is 2.23. The number of halogens is 1. The lowest BCUT2D eigenvalue weighted by molar-refractivity contribution is -0.132. The van der Waals surface area contributed by atoms with Gasteiger partial charge in [0.15, 0.2) is 0 Å². The van der Waals surface area contributed by atoms with Crippen molar-refractivity contribution in [3.63, 3.8) is 0 Å². The molecule has 0 aromatic carbocycles. The van der Waals surface area contributed by atoms with Gasteiger partial charge in [0, 0.05) is 18.0 Å². The zero-order chi connectivity index (χ0) is 8.43. The zero-order valence-electron chi connectivity index (χ0n) is 5.75. The van der Waals surface area contributed by atoms with E-state index >= 15 is 0 Å². The molecule has 1 aliphatic rings. The van der Waals surface area contributed by atoms with Crippen LogP contribution < -0.4 is 5.73 Å². The van der Waals surface area contributed by atoms with E-state index in [4.69, 9.17) is 10.8 Å². The van der Waals surface area contributed by atoms with E-state index in [-0.39, 0.29) is 12.0 Å². The van der Waals surface area contributed by atoms with Crippen LogP contribution in [0.15, 0.2) is 23.6 Å². The van der Waals surface area contributed by atoms with Gasteiger partial charge in [0.1, 0.15) is 0 Å². The lowest BCUT2D eigenvalue weighted by Gasteiger charge is -1.98. The number of carboxylic acid groups (broad SMARTS) is 1. The van der Waals surface area contributed by atoms with E-state index in [1.807, 2.05) is 0 Å². The topological polar surface area (TPSA) is 63.3 Å². The van der Waals surface area contributed by atoms with Crippen molar-refractivity contribution >= 4 is 5.97 Å². The van der Waals surface area contributed by atoms with E-state index in [9.17, 15) is 9.18 Å². The minimum absolute atomic E-state index is 0.118. The maximum absolute atomic E-state index is 11.9. The first kappa shape index (κ1) is 7.94. The second kappa shape index (κ2) is 2.84. The highest BCUT2D eigenvalue weighted by Gasteiger charge is 2.22. The molecule has 0 heterocycles. The van der Waals surface area contributed by atoms with Crippen LogP contribution in [0.3, 0.4) is 0 Å². The van der Waals surface area contributed by atoms with Crippen molar-refractivity contribution < 1.29 is 14.3 Å². The molecule has 3 nitrogen and oxygen atoms in total. The van der Waals surface area contributed by atoms with Gasteiger partial charge in [-0.2, -0.15) is 0 Å². The third kappa shape index (κ3) is 1.46. The second-order valence-electron chi connectivity index (χ2n) is 2.38. The van der Waals surface area contributed by atoms with Crippen molar-refractivity contribution in [2.45, 2.75) is 12.5 Å². The van der Waals surface area contributed by atoms with Crippen LogP contribution >= 0.6 is 0 Å². The van der Waals surface area contributed by atoms with Gasteiger partial charge in [0.2, 0.25) is 0 Å². The summed E-state index contributed by atoms with van der Waals surface area (Å²) >= 11 is 0. The SMILES string of the molecule is NC1C=C(C(=O)O)CC1=CF. The Morgan fingerprint density at radius 3 is 2.82 bits per heavy atom. The fourth-order valence-electron chi connectivity index (χ4n) is 0.979. The van der Waals surface area contributed by atoms with E-state index in [0.29, 0.717) is 11.9 Å². The molecule has 0 amide bonds. The van der Waals surface area contributed by atoms with Crippen LogP contribution in [0.2, 0.25) is 0 Å². The van der Waals surface area contributed by atoms with Gasteiger partial charge in [-0.25, -0.2) is 9.18 Å². The predicted octanol–water partition coefficient (Wildman–Crippen LogP) is 0.582. The van der Waals surface area contributed by atoms with Crippen LogP contribution in [0.25, 0.3) is 0 Å². The summed E-state index contributed by atoms with van der Waals surface area (Å²) in [5.41, 5.74) is 5.86. The number of nitrogens with two attached hydrogens (primary N) is 1. The molecule has 1 atom stereocenters. The Kier molecular flexibility index (Phi) is 2.05. The van der Waals surface area contributed by atoms with Crippen molar-refractivity contribution in [3.8, 4) is 0 Å². The summed E-state index contributed by atoms with van der Waals surface area (Å²) in [6.45, 7) is 0. The van der Waals surface area contributed by atoms with Gasteiger partial charge in [-0.15, -0.1) is 0 Å². The molecule has 0 saturated heterocycles. The Balaban J connectivity index is 2.79. The molecule has 1 rings (SSSR count). The van der Waals surface area contributed by atoms with Gasteiger partial charge in [-0.1, -0.05) is 6.08 Å². The highest BCUT2D eigenvalue weighted by atomic mass is 19.1. The molecule has 0 bridgehead atoms. The summed E-state index contributed by atoms with van der Waals surface area (Å²) in [5, 5.41) is 8.47. The lowest BCUT2D eigenvalue weighted by atomic mass is 10.1. The molecule has 0 aliphatic heterocycles. The van der Waals surface area contributed by atoms with Crippen LogP contribution in [0, 0.1) is 0 Å². The van der Waals surface area contributed by atoms with Gasteiger partial charge in [0.25, 0.3) is 0 Å². The Labute approximate surface area is 63.0 Å². The largest absolute Gasteiger partial charge is 0.478 e. The Hall–Kier alpha value is -1.16. The molecular weight excluding hydrogens is 149 g/mol. The quantitative estimate of drug-likeness (QED) is 0.585. The summed E-state index contributed by atoms with van der Waals surface area (Å²) in [5.74, 6) is -1.03. The molecule has 0 aromatic heterocycles. The molecule has 3 N–H and O–H groups in total. The van der Waals surface area contributed by atoms with Gasteiger partial charge in [-0.05, 0) is 5.57 Å². The maximum atomic E-state index is 11.9. The summed E-state index contributed by atoms with van der Waals surface area (Å²) in [6.07, 6.45) is 1.85. The molecule has 0 radical (unpaired) electrons. The molecule has 11 heavy (non-hydrogen) atoms. The summed E-state index contributed by atoms with van der Waals surface area (Å²) in [7, 11) is 0. The van der Waals surface area contributed by atoms with Crippen LogP contribution in [-0.4, -0.2) is 17.1 Å². The van der Waals surface area contributed by atoms with E-state index < -0.39 is 12.0 Å². The monoisotopic (exact) mass is 157 g/mol. The first-order valence-corrected chi connectivity index (χ1v) is 3.14. The Morgan fingerprint density at radius 1 is 1.91 bits per heavy atom. The van der Waals surface area contributed by atoms with Crippen molar-refractivity contribution in [1.82, 2.24) is 0 Å². The first-order valence-electron chi connectivity index (χ1n) is 3.14. The van der Waals surface area contributed by atoms with E-state index in [2.05, 4.69) is 0 Å². The average Bonchev–Trinajstić information content (AvgIpc) is 2.31. The number of carbonyl (C=O) groups is 1. The molecule has 0 spiro atoms. The number of rotatable bonds is 1. The Morgan fingerprint density at radius 2 is 2.55 bits per heavy atom. The number of aliphatic carboxylic acids is 1. The molecule has 0 aromatic rings. The van der Waals surface area contributed by atoms with Gasteiger partial charge >= 0.3 is 5.97 Å². The minimum atomic E-state index is -1.03. The molecule has 0 fully saturated rings. The molecule has 1 aliphatic carbocycles. The summed E-state index contributed by atoms with van der Waals surface area (Å²) < 4.78 is 11.9. The maximum Gasteiger partial charge on any atom is 0.331 e. The van der Waals surface area contributed by atoms with E-state index in [1.54, 1.807) is 0 Å². The third-order valence-corrected chi connectivity index (χ3v) is 1.62. The Bertz CT molecular complexity index is 245. The standard InChI is InChI=1S/C7H8FNO2/c8-3-5-1-4(7(10)11)2-6(5)9/h2-3,6H,1,9H2,(H,10,11). The number of hydrogen-bond acceptors (Lipinski definition) is 2. The summed E-state index contributed by atoms with van der Waals surface area (Å²) in [6, 6.07) is -0.564. The normalized spacial score (nSPS) is 27.3. The van der Waals surface area contributed by atoms with Crippen molar-refractivity contribution in [2.75, 3.05) is 0 Å². The predicted molar refractivity (Wildman–Crippen MR) is 37.5 cm³/mol. The molecule has 60 valence electrons. The van der Waals surface area contributed by atoms with Crippen molar-refractivity contribution in [2.24, 2.45) is 5.73 Å². The number of hydrogen-bond donors (Lipinski definition) is 2. The highest BCUT2D eigenvalue weighted by molar-refractivity contribution is 5.88. The second-order valence-corrected chi connectivity index (χ2v) is 2.38. The van der Waals surface area contributed by atoms with E-state index in [0.717, 1.165) is 0 Å². The smallest absolute Gasteiger partial charge is 0.331 e. The van der Waals surface area contributed by atoms with Crippen LogP contribution in [0.1, 0.15) is 6.42 Å². The molecule has 4 heteroatoms. The molecule has 1 unspecified atom stereocenters. The molecular formula is C7H8FNO2. The van der Waals surface area contributed by atoms with Gasteiger partial charge in [0.05, 0.1) is 6.33 Å². The van der Waals surface area contributed by atoms with Crippen LogP contribution in [0.4, 0.5) is 4.39 Å². The van der Waals surface area contributed by atoms with Crippen molar-refractivity contribution in [3.05, 3.63) is 23.6 Å². The first-order chi connectivity index (χ1) is 5.15. The minimum Gasteiger partial charge on any atom is -0.478 e. The van der Waals surface area contributed by atoms with Crippen LogP contribution in [-0.2, 0) is 4.79 Å². The van der Waals surface area contributed by atoms with Gasteiger partial charge in [-0.3, -0.25) is 0 Å². The average molecular weight is 157 g/mol. The van der Waals surface area contributed by atoms with Crippen LogP contribution in [0.5, 0.6) is 0 Å². The van der Waals surface area contributed by atoms with Gasteiger partial charge < -0.3 is 10.8 Å². The third-order valence-electron chi connectivity index (χ3n) is 1.62. The fourth-order valence-corrected chi connectivity index (χ4v) is 0.979. The van der Waals surface area contributed by atoms with E-state index in [1.165, 1.54) is 6.08 Å². The summed E-state index contributed by atoms with van der Waals surface area (Å²) in [4.78, 5) is 10.3.